The van der Waals surface area contributed by atoms with E-state index in [2.05, 4.69) is 4.98 Å². The second-order valence-electron chi connectivity index (χ2n) is 9.89. The Morgan fingerprint density at radius 1 is 1.02 bits per heavy atom. The molecule has 1 aromatic heterocycles. The molecule has 0 unspecified atom stereocenters. The van der Waals surface area contributed by atoms with Crippen LogP contribution in [0.25, 0.3) is 11.1 Å². The molecule has 0 atom stereocenters. The van der Waals surface area contributed by atoms with Gasteiger partial charge in [-0.2, -0.15) is 18.2 Å². The molecule has 254 valence electrons. The van der Waals surface area contributed by atoms with Crippen molar-refractivity contribution in [2.75, 3.05) is 26.0 Å². The average Bonchev–Trinajstić information content (AvgIpc) is 3.66. The lowest BCUT2D eigenvalue weighted by molar-refractivity contribution is -0.137. The summed E-state index contributed by atoms with van der Waals surface area (Å²) in [5.74, 6) is -3.29. The number of nitrogens with zero attached hydrogens (tertiary/aromatic N) is 4. The van der Waals surface area contributed by atoms with Crippen LogP contribution in [0.1, 0.15) is 82.6 Å². The number of rotatable bonds is 13. The van der Waals surface area contributed by atoms with E-state index in [0.717, 1.165) is 31.2 Å². The highest BCUT2D eigenvalue weighted by Gasteiger charge is 2.30. The Balaban J connectivity index is 1.90. The number of aromatic nitrogens is 2. The molecule has 0 N–H and O–H groups in total. The number of thioether (sulfide) groups is 1. The lowest BCUT2D eigenvalue weighted by atomic mass is 9.98. The van der Waals surface area contributed by atoms with E-state index in [1.54, 1.807) is 0 Å². The van der Waals surface area contributed by atoms with Crippen LogP contribution in [0.3, 0.4) is 0 Å². The van der Waals surface area contributed by atoms with E-state index in [9.17, 15) is 30.6 Å². The van der Waals surface area contributed by atoms with Crippen LogP contribution in [0.4, 0.5) is 17.6 Å². The lowest BCUT2D eigenvalue weighted by Crippen LogP contribution is -2.40. The van der Waals surface area contributed by atoms with Crippen molar-refractivity contribution >= 4 is 17.7 Å². The number of benzene rings is 3. The molecule has 11 heteroatoms. The molecule has 3 aromatic carbocycles. The van der Waals surface area contributed by atoms with E-state index >= 15 is 4.79 Å². The standard InChI is InChI=1S/C37H40F4N4O2S/c1-4-43(5-2)19-20-44(22-29-12-11-28(21-25(29)3)27-13-15-30(16-14-27)37(39,40)41)34(46)23-45-33-8-6-7-32(33)35(47)42-36(45)48-24-26-9-17-31(38)18-10-26/h9-18,21H,4-8,19-20,22-24H2,1-3H3/i4D2,5D2,11D,12D,13D,14D,15D,16D,19D2,20D2,21D,22D2,23D2,24D2. The van der Waals surface area contributed by atoms with Gasteiger partial charge in [0.05, 0.1) is 23.4 Å². The highest BCUT2D eigenvalue weighted by atomic mass is 32.2. The summed E-state index contributed by atoms with van der Waals surface area (Å²) in [6.07, 6.45) is -5.72. The van der Waals surface area contributed by atoms with Crippen molar-refractivity contribution < 1.29 is 51.1 Å². The van der Waals surface area contributed by atoms with Crippen molar-refractivity contribution in [3.05, 3.63) is 116 Å². The Labute approximate surface area is 312 Å². The Morgan fingerprint density at radius 2 is 1.71 bits per heavy atom. The fourth-order valence-corrected chi connectivity index (χ4v) is 5.08. The molecule has 0 radical (unpaired) electrons. The summed E-state index contributed by atoms with van der Waals surface area (Å²) in [4.78, 5) is 31.3. The Kier molecular flexibility index (Phi) is 5.53. The van der Waals surface area contributed by atoms with Crippen molar-refractivity contribution in [3.63, 3.8) is 0 Å². The fraction of sp³-hybridized carbons (Fsp3) is 0.378. The number of halogens is 4. The van der Waals surface area contributed by atoms with Crippen LogP contribution in [-0.2, 0) is 42.5 Å². The Bertz CT molecular complexity index is 2730. The zero-order valence-electron chi connectivity index (χ0n) is 46.5. The first-order valence-corrected chi connectivity index (χ1v) is 14.9. The minimum atomic E-state index is -5.45. The van der Waals surface area contributed by atoms with E-state index in [1.807, 2.05) is 0 Å². The SMILES string of the molecule is [2H]c1c([2H])c(C(F)(F)F)c([2H])c([2H])c1-c1c([2H])c([2H])c(C([2H])([2H])N(C(=O)C([2H])([2H])n2c(SC([2H])([2H])c3ccc(F)cc3)nc(=O)c3c2CCC3)C([2H])([2H])C([2H])([2H])N(C([2H])([2H])C)C([2H])([2H])C)c(C)c1[2H]. The molecule has 0 spiro atoms. The van der Waals surface area contributed by atoms with E-state index < -0.39 is 153 Å². The summed E-state index contributed by atoms with van der Waals surface area (Å²) in [5, 5.41) is -0.950. The van der Waals surface area contributed by atoms with Crippen molar-refractivity contribution in [3.8, 4) is 11.1 Å². The summed E-state index contributed by atoms with van der Waals surface area (Å²) >= 11 is -0.00544. The van der Waals surface area contributed by atoms with Gasteiger partial charge in [-0.15, -0.1) is 0 Å². The summed E-state index contributed by atoms with van der Waals surface area (Å²) in [5.41, 5.74) is -11.3. The highest BCUT2D eigenvalue weighted by molar-refractivity contribution is 7.98. The summed E-state index contributed by atoms with van der Waals surface area (Å²) in [6, 6.07) is -6.74. The quantitative estimate of drug-likeness (QED) is 0.0820. The minimum absolute atomic E-state index is 0.00544. The van der Waals surface area contributed by atoms with Crippen LogP contribution >= 0.6 is 11.8 Å². The first-order valence-electron chi connectivity index (χ1n) is 24.6. The number of alkyl halides is 3. The molecule has 1 aliphatic carbocycles. The molecule has 6 nitrogen and oxygen atoms in total. The van der Waals surface area contributed by atoms with Gasteiger partial charge >= 0.3 is 6.18 Å². The molecule has 48 heavy (non-hydrogen) atoms. The number of hydrogen-bond acceptors (Lipinski definition) is 5. The van der Waals surface area contributed by atoms with Crippen LogP contribution in [0.5, 0.6) is 0 Å². The largest absolute Gasteiger partial charge is 0.416 e. The second-order valence-corrected chi connectivity index (χ2v) is 10.7. The fourth-order valence-electron chi connectivity index (χ4n) is 4.36. The number of carbonyl (C=O) groups is 1. The van der Waals surface area contributed by atoms with Gasteiger partial charge in [-0.05, 0) is 91.2 Å². The van der Waals surface area contributed by atoms with Gasteiger partial charge in [0.1, 0.15) is 12.3 Å². The molecule has 0 saturated heterocycles. The average molecular weight is 702 g/mol. The Morgan fingerprint density at radius 3 is 2.38 bits per heavy atom. The zero-order valence-corrected chi connectivity index (χ0v) is 26.3. The van der Waals surface area contributed by atoms with Crippen molar-refractivity contribution in [1.29, 1.82) is 0 Å². The molecular weight excluding hydrogens is 640 g/mol. The molecule has 0 bridgehead atoms. The normalized spacial score (nSPS) is 21.3. The van der Waals surface area contributed by atoms with Crippen LogP contribution in [-0.4, -0.2) is 51.2 Å². The smallest absolute Gasteiger partial charge is 0.336 e. The van der Waals surface area contributed by atoms with Gasteiger partial charge in [0.2, 0.25) is 5.91 Å². The molecule has 1 heterocycles. The second kappa shape index (κ2) is 15.5. The molecule has 1 aliphatic rings. The van der Waals surface area contributed by atoms with Gasteiger partial charge in [-0.25, -0.2) is 4.39 Å². The van der Waals surface area contributed by atoms with E-state index in [0.29, 0.717) is 18.4 Å². The first-order chi connectivity index (χ1) is 31.0. The summed E-state index contributed by atoms with van der Waals surface area (Å²) in [6.45, 7) is -21.9. The minimum Gasteiger partial charge on any atom is -0.336 e. The summed E-state index contributed by atoms with van der Waals surface area (Å²) in [7, 11) is 0. The lowest BCUT2D eigenvalue weighted by Gasteiger charge is -2.28. The van der Waals surface area contributed by atoms with Gasteiger partial charge in [-0.1, -0.05) is 68.0 Å². The number of carbonyl (C=O) groups excluding carboxylic acids is 1. The van der Waals surface area contributed by atoms with E-state index in [1.165, 1.54) is 0 Å². The predicted molar refractivity (Wildman–Crippen MR) is 181 cm³/mol. The third kappa shape index (κ3) is 8.54. The van der Waals surface area contributed by atoms with Gasteiger partial charge in [0.15, 0.2) is 5.16 Å². The molecule has 0 fully saturated rings. The maximum atomic E-state index is 15.4. The highest BCUT2D eigenvalue weighted by Crippen LogP contribution is 2.32. The molecule has 1 amide bonds. The number of amides is 1. The van der Waals surface area contributed by atoms with Gasteiger partial charge in [0, 0.05) is 47.4 Å². The molecule has 0 saturated carbocycles. The van der Waals surface area contributed by atoms with E-state index in [4.69, 9.17) is 20.6 Å². The van der Waals surface area contributed by atoms with Gasteiger partial charge in [0.25, 0.3) is 5.56 Å². The van der Waals surface area contributed by atoms with E-state index in [-0.39, 0.29) is 47.8 Å². The van der Waals surface area contributed by atoms with Crippen LogP contribution in [0.15, 0.2) is 76.5 Å². The van der Waals surface area contributed by atoms with Crippen molar-refractivity contribution in [2.24, 2.45) is 0 Å². The zero-order chi connectivity index (χ0) is 53.1. The predicted octanol–water partition coefficient (Wildman–Crippen LogP) is 7.53. The number of fused-ring (bicyclic) bond motifs is 1. The van der Waals surface area contributed by atoms with Gasteiger partial charge < -0.3 is 14.4 Å². The number of hydrogen-bond donors (Lipinski definition) is 0. The topological polar surface area (TPSA) is 58.4 Å². The third-order valence-electron chi connectivity index (χ3n) is 6.72. The van der Waals surface area contributed by atoms with Crippen molar-refractivity contribution in [2.45, 2.75) is 70.1 Å². The molecule has 4 aromatic rings. The van der Waals surface area contributed by atoms with Crippen LogP contribution in [0, 0.1) is 12.7 Å². The molecule has 5 rings (SSSR count). The Hall–Kier alpha value is -3.96. The third-order valence-corrected chi connectivity index (χ3v) is 7.52. The number of likely N-dealkylation sites (N-methyl/N-ethyl adjacent to an activating group) is 1. The molecule has 0 aliphatic heterocycles. The van der Waals surface area contributed by atoms with Gasteiger partial charge in [-0.3, -0.25) is 9.59 Å². The maximum absolute atomic E-state index is 15.4. The van der Waals surface area contributed by atoms with Crippen LogP contribution < -0.4 is 5.56 Å². The van der Waals surface area contributed by atoms with Crippen LogP contribution in [0.2, 0.25) is 0 Å². The monoisotopic (exact) mass is 701 g/mol. The molecular formula is C37H40F4N4O2S. The first kappa shape index (κ1) is 17.1. The summed E-state index contributed by atoms with van der Waals surface area (Å²) < 4.78 is 241. The van der Waals surface area contributed by atoms with Crippen molar-refractivity contribution in [1.82, 2.24) is 19.4 Å². The maximum Gasteiger partial charge on any atom is 0.416 e.